The highest BCUT2D eigenvalue weighted by Crippen LogP contribution is 2.26. The molecule has 1 heterocycles. The van der Waals surface area contributed by atoms with Crippen molar-refractivity contribution < 1.29 is 9.53 Å². The second-order valence-corrected chi connectivity index (χ2v) is 5.11. The lowest BCUT2D eigenvalue weighted by Crippen LogP contribution is -2.08. The van der Waals surface area contributed by atoms with E-state index in [1.807, 2.05) is 35.0 Å². The minimum atomic E-state index is -0.254. The molecule has 0 fully saturated rings. The summed E-state index contributed by atoms with van der Waals surface area (Å²) in [7, 11) is 0. The van der Waals surface area contributed by atoms with Crippen LogP contribution in [0.25, 0.3) is 5.69 Å². The van der Waals surface area contributed by atoms with E-state index < -0.39 is 0 Å². The van der Waals surface area contributed by atoms with Crippen molar-refractivity contribution in [2.24, 2.45) is 0 Å². The van der Waals surface area contributed by atoms with E-state index in [1.165, 1.54) is 25.3 Å². The fourth-order valence-electron chi connectivity index (χ4n) is 2.72. The third-order valence-corrected chi connectivity index (χ3v) is 3.68. The normalized spacial score (nSPS) is 13.8. The number of para-hydroxylation sites is 1. The van der Waals surface area contributed by atoms with Crippen LogP contribution in [-0.2, 0) is 29.0 Å². The molecule has 4 heteroatoms. The van der Waals surface area contributed by atoms with Crippen LogP contribution in [0, 0.1) is 0 Å². The van der Waals surface area contributed by atoms with Crippen molar-refractivity contribution in [3.05, 3.63) is 47.3 Å². The fourth-order valence-corrected chi connectivity index (χ4v) is 2.72. The molecule has 104 valence electrons. The van der Waals surface area contributed by atoms with Crippen molar-refractivity contribution in [3.8, 4) is 5.69 Å². The van der Waals surface area contributed by atoms with Crippen molar-refractivity contribution in [2.45, 2.75) is 39.2 Å². The Balaban J connectivity index is 2.03. The van der Waals surface area contributed by atoms with Crippen LogP contribution in [0.4, 0.5) is 0 Å². The van der Waals surface area contributed by atoms with Crippen molar-refractivity contribution in [2.75, 3.05) is 0 Å². The summed E-state index contributed by atoms with van der Waals surface area (Å²) in [5, 5.41) is 4.72. The molecule has 0 aliphatic heterocycles. The van der Waals surface area contributed by atoms with Crippen LogP contribution in [0.3, 0.4) is 0 Å². The zero-order valence-corrected chi connectivity index (χ0v) is 11.6. The van der Waals surface area contributed by atoms with Gasteiger partial charge < -0.3 is 4.74 Å². The van der Waals surface area contributed by atoms with E-state index in [0.29, 0.717) is 6.61 Å². The first-order valence-electron chi connectivity index (χ1n) is 7.04. The fraction of sp³-hybridized carbons (Fsp3) is 0.375. The number of ether oxygens (including phenoxy) is 1. The molecule has 1 aliphatic carbocycles. The molecule has 4 nitrogen and oxygen atoms in total. The van der Waals surface area contributed by atoms with Gasteiger partial charge in [-0.05, 0) is 37.8 Å². The van der Waals surface area contributed by atoms with Gasteiger partial charge >= 0.3 is 5.97 Å². The Bertz CT molecular complexity index is 617. The molecule has 1 aromatic carbocycles. The van der Waals surface area contributed by atoms with Crippen LogP contribution >= 0.6 is 0 Å². The molecule has 0 N–H and O–H groups in total. The Kier molecular flexibility index (Phi) is 3.54. The standard InChI is InChI=1S/C16H18N2O2/c1-12(19)20-11-16-14-9-5-6-10-15(14)17-18(16)13-7-3-2-4-8-13/h2-4,7-8H,5-6,9-11H2,1H3. The Morgan fingerprint density at radius 2 is 2.00 bits per heavy atom. The van der Waals surface area contributed by atoms with Gasteiger partial charge in [-0.1, -0.05) is 18.2 Å². The van der Waals surface area contributed by atoms with Crippen LogP contribution in [0.1, 0.15) is 36.7 Å². The molecule has 0 saturated carbocycles. The lowest BCUT2D eigenvalue weighted by molar-refractivity contribution is -0.142. The number of hydrogen-bond acceptors (Lipinski definition) is 3. The largest absolute Gasteiger partial charge is 0.459 e. The topological polar surface area (TPSA) is 44.1 Å². The number of rotatable bonds is 3. The van der Waals surface area contributed by atoms with Crippen LogP contribution in [0.2, 0.25) is 0 Å². The molecule has 0 saturated heterocycles. The second-order valence-electron chi connectivity index (χ2n) is 5.11. The van der Waals surface area contributed by atoms with Gasteiger partial charge in [0.15, 0.2) is 0 Å². The third kappa shape index (κ3) is 2.46. The van der Waals surface area contributed by atoms with E-state index in [4.69, 9.17) is 9.84 Å². The van der Waals surface area contributed by atoms with Crippen LogP contribution in [0.5, 0.6) is 0 Å². The average Bonchev–Trinajstić information content (AvgIpc) is 2.84. The monoisotopic (exact) mass is 270 g/mol. The number of aromatic nitrogens is 2. The minimum Gasteiger partial charge on any atom is -0.459 e. The summed E-state index contributed by atoms with van der Waals surface area (Å²) < 4.78 is 7.14. The molecule has 3 rings (SSSR count). The van der Waals surface area contributed by atoms with Gasteiger partial charge in [0, 0.05) is 12.5 Å². The molecule has 1 aromatic heterocycles. The first-order chi connectivity index (χ1) is 9.75. The van der Waals surface area contributed by atoms with E-state index >= 15 is 0 Å². The Labute approximate surface area is 118 Å². The Hall–Kier alpha value is -2.10. The van der Waals surface area contributed by atoms with Gasteiger partial charge in [-0.2, -0.15) is 5.10 Å². The molecular weight excluding hydrogens is 252 g/mol. The van der Waals surface area contributed by atoms with Gasteiger partial charge in [-0.3, -0.25) is 4.79 Å². The number of fused-ring (bicyclic) bond motifs is 1. The van der Waals surface area contributed by atoms with Gasteiger partial charge in [0.2, 0.25) is 0 Å². The molecule has 0 spiro atoms. The van der Waals surface area contributed by atoms with E-state index in [9.17, 15) is 4.79 Å². The van der Waals surface area contributed by atoms with Crippen molar-refractivity contribution in [3.63, 3.8) is 0 Å². The molecule has 2 aromatic rings. The molecule has 0 atom stereocenters. The predicted molar refractivity (Wildman–Crippen MR) is 75.7 cm³/mol. The first kappa shape index (κ1) is 12.9. The summed E-state index contributed by atoms with van der Waals surface area (Å²) >= 11 is 0. The summed E-state index contributed by atoms with van der Waals surface area (Å²) in [6.45, 7) is 1.74. The summed E-state index contributed by atoms with van der Waals surface area (Å²) in [6.07, 6.45) is 4.41. The predicted octanol–water partition coefficient (Wildman–Crippen LogP) is 2.81. The van der Waals surface area contributed by atoms with E-state index in [0.717, 1.165) is 29.9 Å². The zero-order valence-electron chi connectivity index (χ0n) is 11.6. The minimum absolute atomic E-state index is 0.254. The average molecular weight is 270 g/mol. The molecular formula is C16H18N2O2. The van der Waals surface area contributed by atoms with E-state index in [2.05, 4.69) is 0 Å². The SMILES string of the molecule is CC(=O)OCc1c2c(nn1-c1ccccc1)CCCC2. The number of esters is 1. The van der Waals surface area contributed by atoms with E-state index in [-0.39, 0.29) is 5.97 Å². The molecule has 0 amide bonds. The molecule has 0 bridgehead atoms. The number of carbonyl (C=O) groups is 1. The maximum atomic E-state index is 11.1. The highest BCUT2D eigenvalue weighted by molar-refractivity contribution is 5.66. The van der Waals surface area contributed by atoms with Gasteiger partial charge in [0.25, 0.3) is 0 Å². The zero-order chi connectivity index (χ0) is 13.9. The lowest BCUT2D eigenvalue weighted by Gasteiger charge is -2.12. The van der Waals surface area contributed by atoms with Gasteiger partial charge in [-0.25, -0.2) is 4.68 Å². The molecule has 0 unspecified atom stereocenters. The first-order valence-corrected chi connectivity index (χ1v) is 7.04. The smallest absolute Gasteiger partial charge is 0.303 e. The highest BCUT2D eigenvalue weighted by Gasteiger charge is 2.21. The molecule has 20 heavy (non-hydrogen) atoms. The summed E-state index contributed by atoms with van der Waals surface area (Å²) in [5.41, 5.74) is 4.45. The van der Waals surface area contributed by atoms with Gasteiger partial charge in [-0.15, -0.1) is 0 Å². The molecule has 1 aliphatic rings. The van der Waals surface area contributed by atoms with Crippen LogP contribution in [-0.4, -0.2) is 15.7 Å². The Morgan fingerprint density at radius 3 is 2.75 bits per heavy atom. The van der Waals surface area contributed by atoms with Crippen molar-refractivity contribution in [1.82, 2.24) is 9.78 Å². The second kappa shape index (κ2) is 5.49. The van der Waals surface area contributed by atoms with Crippen LogP contribution < -0.4 is 0 Å². The summed E-state index contributed by atoms with van der Waals surface area (Å²) in [4.78, 5) is 11.1. The maximum absolute atomic E-state index is 11.1. The van der Waals surface area contributed by atoms with E-state index in [1.54, 1.807) is 0 Å². The van der Waals surface area contributed by atoms with Crippen molar-refractivity contribution in [1.29, 1.82) is 0 Å². The molecule has 0 radical (unpaired) electrons. The third-order valence-electron chi connectivity index (χ3n) is 3.68. The lowest BCUT2D eigenvalue weighted by atomic mass is 9.96. The highest BCUT2D eigenvalue weighted by atomic mass is 16.5. The van der Waals surface area contributed by atoms with Crippen LogP contribution in [0.15, 0.2) is 30.3 Å². The number of nitrogens with zero attached hydrogens (tertiary/aromatic N) is 2. The summed E-state index contributed by atoms with van der Waals surface area (Å²) in [5.74, 6) is -0.254. The number of hydrogen-bond donors (Lipinski definition) is 0. The number of aryl methyl sites for hydroxylation is 1. The summed E-state index contributed by atoms with van der Waals surface area (Å²) in [6, 6.07) is 10.0. The van der Waals surface area contributed by atoms with Crippen molar-refractivity contribution >= 4 is 5.97 Å². The van der Waals surface area contributed by atoms with Gasteiger partial charge in [0.1, 0.15) is 6.61 Å². The maximum Gasteiger partial charge on any atom is 0.303 e. The van der Waals surface area contributed by atoms with Gasteiger partial charge in [0.05, 0.1) is 17.1 Å². The number of carbonyl (C=O) groups excluding carboxylic acids is 1. The Morgan fingerprint density at radius 1 is 1.25 bits per heavy atom. The number of benzene rings is 1. The quantitative estimate of drug-likeness (QED) is 0.806.